The Kier molecular flexibility index (Phi) is 1.28. The third kappa shape index (κ3) is 0.798. The molecule has 0 aromatic carbocycles. The molecule has 0 amide bonds. The predicted octanol–water partition coefficient (Wildman–Crippen LogP) is 2.83. The minimum Gasteiger partial charge on any atom is -0.0622 e. The van der Waals surface area contributed by atoms with Crippen LogP contribution in [0, 0.1) is 17.8 Å². The van der Waals surface area contributed by atoms with Gasteiger partial charge in [0.05, 0.1) is 0 Å². The first-order chi connectivity index (χ1) is 4.38. The fraction of sp³-hybridized carbons (Fsp3) is 1.00. The lowest BCUT2D eigenvalue weighted by Gasteiger charge is -2.44. The van der Waals surface area contributed by atoms with Crippen molar-refractivity contribution < 1.29 is 0 Å². The van der Waals surface area contributed by atoms with Gasteiger partial charge in [-0.3, -0.25) is 0 Å². The molecule has 0 bridgehead atoms. The molecular weight excluding hydrogens is 108 g/mol. The van der Waals surface area contributed by atoms with E-state index in [-0.39, 0.29) is 0 Å². The normalized spacial score (nSPS) is 49.7. The van der Waals surface area contributed by atoms with Crippen LogP contribution in [0.25, 0.3) is 0 Å². The van der Waals surface area contributed by atoms with E-state index in [2.05, 4.69) is 6.92 Å². The fourth-order valence-electron chi connectivity index (χ4n) is 2.62. The van der Waals surface area contributed by atoms with Gasteiger partial charge in [-0.15, -0.1) is 0 Å². The summed E-state index contributed by atoms with van der Waals surface area (Å²) < 4.78 is 0. The van der Waals surface area contributed by atoms with E-state index < -0.39 is 0 Å². The molecule has 0 N–H and O–H groups in total. The molecule has 9 heavy (non-hydrogen) atoms. The summed E-state index contributed by atoms with van der Waals surface area (Å²) in [6, 6.07) is 0. The maximum atomic E-state index is 2.44. The van der Waals surface area contributed by atoms with Crippen LogP contribution in [0.5, 0.6) is 0 Å². The Morgan fingerprint density at radius 2 is 1.89 bits per heavy atom. The summed E-state index contributed by atoms with van der Waals surface area (Å²) in [6.07, 6.45) is 7.68. The summed E-state index contributed by atoms with van der Waals surface area (Å²) in [6.45, 7) is 2.44. The first kappa shape index (κ1) is 5.76. The van der Waals surface area contributed by atoms with Gasteiger partial charge in [-0.05, 0) is 30.6 Å². The lowest BCUT2D eigenvalue weighted by atomic mass is 9.61. The highest BCUT2D eigenvalue weighted by Crippen LogP contribution is 2.47. The highest BCUT2D eigenvalue weighted by molar-refractivity contribution is 4.87. The number of hydrogen-bond acceptors (Lipinski definition) is 0. The van der Waals surface area contributed by atoms with E-state index in [4.69, 9.17) is 0 Å². The molecule has 0 radical (unpaired) electrons. The largest absolute Gasteiger partial charge is 0.0622 e. The van der Waals surface area contributed by atoms with E-state index >= 15 is 0 Å². The van der Waals surface area contributed by atoms with Crippen LogP contribution in [0.15, 0.2) is 0 Å². The summed E-state index contributed by atoms with van der Waals surface area (Å²) in [7, 11) is 0. The van der Waals surface area contributed by atoms with Crippen molar-refractivity contribution >= 4 is 0 Å². The minimum absolute atomic E-state index is 1.07. The lowest BCUT2D eigenvalue weighted by Crippen LogP contribution is -2.34. The molecule has 0 spiro atoms. The standard InChI is InChI=1S/C9H16/c1-7-3-2-4-8-5-6-9(7)8/h7-9H,2-6H2,1H3/t7-,8+,9+/m1/s1. The Morgan fingerprint density at radius 3 is 2.33 bits per heavy atom. The highest BCUT2D eigenvalue weighted by atomic mass is 14.4. The first-order valence-corrected chi connectivity index (χ1v) is 4.38. The number of hydrogen-bond donors (Lipinski definition) is 0. The molecule has 2 aliphatic rings. The van der Waals surface area contributed by atoms with Gasteiger partial charge in [0.25, 0.3) is 0 Å². The summed E-state index contributed by atoms with van der Waals surface area (Å²) >= 11 is 0. The Labute approximate surface area is 57.6 Å². The van der Waals surface area contributed by atoms with Crippen LogP contribution >= 0.6 is 0 Å². The van der Waals surface area contributed by atoms with Gasteiger partial charge in [-0.25, -0.2) is 0 Å². The molecule has 52 valence electrons. The second-order valence-corrected chi connectivity index (χ2v) is 3.91. The molecule has 0 aromatic heterocycles. The van der Waals surface area contributed by atoms with Gasteiger partial charge in [0.1, 0.15) is 0 Å². The Morgan fingerprint density at radius 1 is 1.00 bits per heavy atom. The van der Waals surface area contributed by atoms with E-state index in [1.807, 2.05) is 0 Å². The van der Waals surface area contributed by atoms with Crippen LogP contribution in [-0.2, 0) is 0 Å². The Balaban J connectivity index is 1.98. The predicted molar refractivity (Wildman–Crippen MR) is 39.2 cm³/mol. The molecule has 0 saturated heterocycles. The molecule has 0 nitrogen and oxygen atoms in total. The van der Waals surface area contributed by atoms with Crippen LogP contribution < -0.4 is 0 Å². The smallest absolute Gasteiger partial charge is 0.0360 e. The van der Waals surface area contributed by atoms with Crippen molar-refractivity contribution in [1.29, 1.82) is 0 Å². The Hall–Kier alpha value is 0. The van der Waals surface area contributed by atoms with Crippen molar-refractivity contribution in [3.05, 3.63) is 0 Å². The zero-order valence-electron chi connectivity index (χ0n) is 6.27. The maximum Gasteiger partial charge on any atom is -0.0360 e. The molecule has 3 atom stereocenters. The van der Waals surface area contributed by atoms with E-state index in [9.17, 15) is 0 Å². The van der Waals surface area contributed by atoms with Gasteiger partial charge in [-0.1, -0.05) is 26.2 Å². The maximum absolute atomic E-state index is 2.44. The zero-order valence-corrected chi connectivity index (χ0v) is 6.27. The van der Waals surface area contributed by atoms with Crippen molar-refractivity contribution in [2.75, 3.05) is 0 Å². The zero-order chi connectivity index (χ0) is 6.27. The third-order valence-corrected chi connectivity index (χ3v) is 3.44. The van der Waals surface area contributed by atoms with Crippen LogP contribution in [0.2, 0.25) is 0 Å². The molecular formula is C9H16. The monoisotopic (exact) mass is 124 g/mol. The van der Waals surface area contributed by atoms with Crippen molar-refractivity contribution in [2.24, 2.45) is 17.8 Å². The van der Waals surface area contributed by atoms with Gasteiger partial charge < -0.3 is 0 Å². The van der Waals surface area contributed by atoms with Gasteiger partial charge >= 0.3 is 0 Å². The van der Waals surface area contributed by atoms with Gasteiger partial charge in [-0.2, -0.15) is 0 Å². The van der Waals surface area contributed by atoms with Crippen LogP contribution in [-0.4, -0.2) is 0 Å². The summed E-state index contributed by atoms with van der Waals surface area (Å²) in [5.41, 5.74) is 0. The molecule has 2 saturated carbocycles. The van der Waals surface area contributed by atoms with Crippen molar-refractivity contribution in [1.82, 2.24) is 0 Å². The molecule has 0 aromatic rings. The molecule has 2 fully saturated rings. The molecule has 2 aliphatic carbocycles. The van der Waals surface area contributed by atoms with E-state index in [1.165, 1.54) is 12.8 Å². The van der Waals surface area contributed by atoms with Crippen LogP contribution in [0.4, 0.5) is 0 Å². The summed E-state index contributed by atoms with van der Waals surface area (Å²) in [4.78, 5) is 0. The van der Waals surface area contributed by atoms with Crippen molar-refractivity contribution in [3.8, 4) is 0 Å². The topological polar surface area (TPSA) is 0 Å². The quantitative estimate of drug-likeness (QED) is 0.466. The fourth-order valence-corrected chi connectivity index (χ4v) is 2.62. The first-order valence-electron chi connectivity index (χ1n) is 4.38. The average Bonchev–Trinajstić information content (AvgIpc) is 1.74. The summed E-state index contributed by atoms with van der Waals surface area (Å²) in [5.74, 6) is 3.38. The molecule has 0 aliphatic heterocycles. The highest BCUT2D eigenvalue weighted by Gasteiger charge is 2.36. The molecule has 0 heterocycles. The molecule has 0 unspecified atom stereocenters. The van der Waals surface area contributed by atoms with Gasteiger partial charge in [0, 0.05) is 0 Å². The van der Waals surface area contributed by atoms with E-state index in [0.29, 0.717) is 0 Å². The summed E-state index contributed by atoms with van der Waals surface area (Å²) in [5, 5.41) is 0. The Bertz CT molecular complexity index is 101. The van der Waals surface area contributed by atoms with E-state index in [1.54, 1.807) is 19.3 Å². The van der Waals surface area contributed by atoms with Gasteiger partial charge in [0.2, 0.25) is 0 Å². The lowest BCUT2D eigenvalue weighted by molar-refractivity contribution is 0.0622. The van der Waals surface area contributed by atoms with Crippen LogP contribution in [0.1, 0.15) is 39.0 Å². The minimum atomic E-state index is 1.07. The second kappa shape index (κ2) is 2.00. The van der Waals surface area contributed by atoms with Crippen molar-refractivity contribution in [3.63, 3.8) is 0 Å². The third-order valence-electron chi connectivity index (χ3n) is 3.44. The van der Waals surface area contributed by atoms with Crippen molar-refractivity contribution in [2.45, 2.75) is 39.0 Å². The number of fused-ring (bicyclic) bond motifs is 1. The van der Waals surface area contributed by atoms with E-state index in [0.717, 1.165) is 17.8 Å². The van der Waals surface area contributed by atoms with Gasteiger partial charge in [0.15, 0.2) is 0 Å². The average molecular weight is 124 g/mol. The SMILES string of the molecule is C[C@@H]1CCC[C@H]2CC[C@H]21. The molecule has 0 heteroatoms. The second-order valence-electron chi connectivity index (χ2n) is 3.91. The van der Waals surface area contributed by atoms with Crippen LogP contribution in [0.3, 0.4) is 0 Å². The number of rotatable bonds is 0. The molecule has 2 rings (SSSR count).